The van der Waals surface area contributed by atoms with E-state index in [9.17, 15) is 9.59 Å². The van der Waals surface area contributed by atoms with E-state index in [0.717, 1.165) is 5.69 Å². The second-order valence-electron chi connectivity index (χ2n) is 5.17. The van der Waals surface area contributed by atoms with E-state index in [2.05, 4.69) is 15.5 Å². The summed E-state index contributed by atoms with van der Waals surface area (Å²) >= 11 is 0. The van der Waals surface area contributed by atoms with Crippen molar-refractivity contribution in [2.45, 2.75) is 12.3 Å². The molecule has 0 bridgehead atoms. The Kier molecular flexibility index (Phi) is 4.33. The number of carbonyl (C=O) groups is 2. The number of carbonyl (C=O) groups excluding carboxylic acids is 2. The summed E-state index contributed by atoms with van der Waals surface area (Å²) in [5.74, 6) is -0.228. The highest BCUT2D eigenvalue weighted by Gasteiger charge is 2.35. The summed E-state index contributed by atoms with van der Waals surface area (Å²) in [5.41, 5.74) is 0.841. The van der Waals surface area contributed by atoms with Gasteiger partial charge in [-0.15, -0.1) is 5.10 Å². The van der Waals surface area contributed by atoms with Gasteiger partial charge in [-0.1, -0.05) is 23.3 Å². The normalized spacial score (nSPS) is 17.5. The first-order valence-electron chi connectivity index (χ1n) is 7.15. The Bertz CT molecular complexity index is 701. The molecule has 1 atom stereocenters. The molecular formula is C15H16N4O4. The number of nitrogens with one attached hydrogen (secondary N) is 1. The molecule has 8 nitrogen and oxygen atoms in total. The lowest BCUT2D eigenvalue weighted by molar-refractivity contribution is -0.120. The van der Waals surface area contributed by atoms with Gasteiger partial charge >= 0.3 is 6.01 Å². The fourth-order valence-corrected chi connectivity index (χ4v) is 2.47. The molecule has 0 radical (unpaired) electrons. The van der Waals surface area contributed by atoms with Gasteiger partial charge in [0.15, 0.2) is 0 Å². The Balaban J connectivity index is 1.68. The molecule has 0 aliphatic carbocycles. The van der Waals surface area contributed by atoms with E-state index in [1.54, 1.807) is 4.90 Å². The number of rotatable bonds is 5. The number of aromatic nitrogens is 2. The quantitative estimate of drug-likeness (QED) is 0.889. The van der Waals surface area contributed by atoms with Crippen LogP contribution in [-0.4, -0.2) is 42.3 Å². The zero-order valence-corrected chi connectivity index (χ0v) is 12.6. The number of benzene rings is 1. The maximum Gasteiger partial charge on any atom is 0.322 e. The van der Waals surface area contributed by atoms with Crippen LogP contribution in [0.1, 0.15) is 18.2 Å². The number of amides is 2. The van der Waals surface area contributed by atoms with E-state index in [1.165, 1.54) is 7.11 Å². The Morgan fingerprint density at radius 2 is 2.17 bits per heavy atom. The fraction of sp³-hybridized carbons (Fsp3) is 0.333. The lowest BCUT2D eigenvalue weighted by atomic mass is 10.1. The topological polar surface area (TPSA) is 97.6 Å². The Hall–Kier alpha value is -2.74. The molecule has 120 valence electrons. The largest absolute Gasteiger partial charge is 0.407 e. The highest BCUT2D eigenvalue weighted by molar-refractivity contribution is 5.96. The van der Waals surface area contributed by atoms with Crippen molar-refractivity contribution in [1.82, 2.24) is 10.2 Å². The SMILES string of the molecule is COCC(=O)Nc1nnc(C2CC(=O)N(c3ccccc3)C2)o1. The zero-order valence-electron chi connectivity index (χ0n) is 12.6. The van der Waals surface area contributed by atoms with E-state index in [1.807, 2.05) is 30.3 Å². The van der Waals surface area contributed by atoms with Crippen LogP contribution in [0.5, 0.6) is 0 Å². The number of hydrogen-bond acceptors (Lipinski definition) is 6. The number of hydrogen-bond donors (Lipinski definition) is 1. The van der Waals surface area contributed by atoms with Crippen LogP contribution < -0.4 is 10.2 Å². The zero-order chi connectivity index (χ0) is 16.2. The highest BCUT2D eigenvalue weighted by atomic mass is 16.5. The molecule has 1 unspecified atom stereocenters. The van der Waals surface area contributed by atoms with E-state index in [0.29, 0.717) is 18.9 Å². The summed E-state index contributed by atoms with van der Waals surface area (Å²) in [4.78, 5) is 25.3. The standard InChI is InChI=1S/C15H16N4O4/c1-22-9-12(20)16-15-18-17-14(23-15)10-7-13(21)19(8-10)11-5-3-2-4-6-11/h2-6,10H,7-9H2,1H3,(H,16,18,20). The van der Waals surface area contributed by atoms with Crippen LogP contribution in [-0.2, 0) is 14.3 Å². The van der Waals surface area contributed by atoms with Gasteiger partial charge in [0.1, 0.15) is 6.61 Å². The summed E-state index contributed by atoms with van der Waals surface area (Å²) in [7, 11) is 1.42. The van der Waals surface area contributed by atoms with Gasteiger partial charge in [-0.25, -0.2) is 0 Å². The van der Waals surface area contributed by atoms with Crippen molar-refractivity contribution in [3.8, 4) is 0 Å². The van der Waals surface area contributed by atoms with Gasteiger partial charge in [-0.05, 0) is 12.1 Å². The fourth-order valence-electron chi connectivity index (χ4n) is 2.47. The lowest BCUT2D eigenvalue weighted by Crippen LogP contribution is -2.24. The van der Waals surface area contributed by atoms with Crippen molar-refractivity contribution in [3.63, 3.8) is 0 Å². The molecule has 1 aliphatic rings. The lowest BCUT2D eigenvalue weighted by Gasteiger charge is -2.15. The van der Waals surface area contributed by atoms with Gasteiger partial charge < -0.3 is 14.1 Å². The summed E-state index contributed by atoms with van der Waals surface area (Å²) < 4.78 is 10.1. The summed E-state index contributed by atoms with van der Waals surface area (Å²) in [6, 6.07) is 9.43. The molecule has 0 saturated carbocycles. The molecule has 2 aromatic rings. The maximum absolute atomic E-state index is 12.2. The van der Waals surface area contributed by atoms with Crippen LogP contribution in [0.2, 0.25) is 0 Å². The summed E-state index contributed by atoms with van der Waals surface area (Å²) in [6.07, 6.45) is 0.294. The van der Waals surface area contributed by atoms with Crippen LogP contribution in [0.15, 0.2) is 34.7 Å². The minimum Gasteiger partial charge on any atom is -0.407 e. The van der Waals surface area contributed by atoms with Crippen LogP contribution in [0, 0.1) is 0 Å². The Morgan fingerprint density at radius 1 is 1.39 bits per heavy atom. The molecule has 1 aromatic carbocycles. The van der Waals surface area contributed by atoms with E-state index < -0.39 is 0 Å². The number of anilines is 2. The van der Waals surface area contributed by atoms with E-state index >= 15 is 0 Å². The minimum atomic E-state index is -0.379. The molecule has 1 fully saturated rings. The van der Waals surface area contributed by atoms with Crippen molar-refractivity contribution in [1.29, 1.82) is 0 Å². The van der Waals surface area contributed by atoms with Gasteiger partial charge in [0.25, 0.3) is 5.91 Å². The molecule has 23 heavy (non-hydrogen) atoms. The third-order valence-electron chi connectivity index (χ3n) is 3.50. The van der Waals surface area contributed by atoms with Crippen LogP contribution in [0.3, 0.4) is 0 Å². The van der Waals surface area contributed by atoms with Gasteiger partial charge in [0.2, 0.25) is 11.8 Å². The summed E-state index contributed by atoms with van der Waals surface area (Å²) in [6.45, 7) is 0.373. The van der Waals surface area contributed by atoms with Crippen molar-refractivity contribution in [3.05, 3.63) is 36.2 Å². The van der Waals surface area contributed by atoms with E-state index in [4.69, 9.17) is 9.15 Å². The Labute approximate surface area is 132 Å². The number of ether oxygens (including phenoxy) is 1. The van der Waals surface area contributed by atoms with Crippen LogP contribution >= 0.6 is 0 Å². The summed E-state index contributed by atoms with van der Waals surface area (Å²) in [5, 5.41) is 10.1. The second-order valence-corrected chi connectivity index (χ2v) is 5.17. The monoisotopic (exact) mass is 316 g/mol. The first-order valence-corrected chi connectivity index (χ1v) is 7.15. The van der Waals surface area contributed by atoms with Crippen LogP contribution in [0.4, 0.5) is 11.7 Å². The molecule has 1 aliphatic heterocycles. The average Bonchev–Trinajstić information content (AvgIpc) is 3.15. The van der Waals surface area contributed by atoms with Gasteiger partial charge in [0.05, 0.1) is 5.92 Å². The van der Waals surface area contributed by atoms with Crippen molar-refractivity contribution in [2.24, 2.45) is 0 Å². The molecule has 3 rings (SSSR count). The molecule has 0 spiro atoms. The second kappa shape index (κ2) is 6.57. The number of nitrogens with zero attached hydrogens (tertiary/aromatic N) is 3. The van der Waals surface area contributed by atoms with Crippen molar-refractivity contribution < 1.29 is 18.7 Å². The van der Waals surface area contributed by atoms with E-state index in [-0.39, 0.29) is 30.4 Å². The Morgan fingerprint density at radius 3 is 2.91 bits per heavy atom. The molecular weight excluding hydrogens is 300 g/mol. The van der Waals surface area contributed by atoms with Crippen molar-refractivity contribution >= 4 is 23.5 Å². The predicted octanol–water partition coefficient (Wildman–Crippen LogP) is 1.17. The third-order valence-corrected chi connectivity index (χ3v) is 3.50. The van der Waals surface area contributed by atoms with Gasteiger partial charge in [0, 0.05) is 25.8 Å². The molecule has 1 N–H and O–H groups in total. The first-order chi connectivity index (χ1) is 11.2. The first kappa shape index (κ1) is 15.2. The average molecular weight is 316 g/mol. The predicted molar refractivity (Wildman–Crippen MR) is 81.0 cm³/mol. The van der Waals surface area contributed by atoms with Crippen LogP contribution in [0.25, 0.3) is 0 Å². The third kappa shape index (κ3) is 3.37. The van der Waals surface area contributed by atoms with Gasteiger partial charge in [-0.3, -0.25) is 14.9 Å². The number of methoxy groups -OCH3 is 1. The molecule has 1 saturated heterocycles. The molecule has 8 heteroatoms. The van der Waals surface area contributed by atoms with Crippen molar-refractivity contribution in [2.75, 3.05) is 30.5 Å². The molecule has 2 heterocycles. The molecule has 2 amide bonds. The minimum absolute atomic E-state index is 0.00404. The smallest absolute Gasteiger partial charge is 0.322 e. The highest BCUT2D eigenvalue weighted by Crippen LogP contribution is 2.31. The number of para-hydroxylation sites is 1. The molecule has 1 aromatic heterocycles. The van der Waals surface area contributed by atoms with Gasteiger partial charge in [-0.2, -0.15) is 0 Å². The maximum atomic E-state index is 12.2.